The zero-order valence-electron chi connectivity index (χ0n) is 9.31. The van der Waals surface area contributed by atoms with Crippen LogP contribution in [0.4, 0.5) is 8.78 Å². The van der Waals surface area contributed by atoms with E-state index >= 15 is 0 Å². The Bertz CT molecular complexity index is 623. The van der Waals surface area contributed by atoms with Crippen molar-refractivity contribution in [2.45, 2.75) is 11.9 Å². The van der Waals surface area contributed by atoms with Crippen LogP contribution in [0.25, 0.3) is 0 Å². The Kier molecular flexibility index (Phi) is 5.53. The van der Waals surface area contributed by atoms with Gasteiger partial charge in [0, 0.05) is 0 Å². The Morgan fingerprint density at radius 3 is 2.15 bits per heavy atom. The van der Waals surface area contributed by atoms with Crippen molar-refractivity contribution in [2.24, 2.45) is 0 Å². The Hall–Kier alpha value is -0.280. The van der Waals surface area contributed by atoms with E-state index in [2.05, 4.69) is 4.74 Å². The molecule has 0 radical (unpaired) electrons. The second kappa shape index (κ2) is 6.23. The quantitative estimate of drug-likeness (QED) is 0.349. The fourth-order valence-electron chi connectivity index (χ4n) is 1.04. The molecular formula is C9H6F2I2O6S. The van der Waals surface area contributed by atoms with Crippen molar-refractivity contribution < 1.29 is 36.4 Å². The van der Waals surface area contributed by atoms with Gasteiger partial charge in [-0.1, -0.05) is 0 Å². The number of alkyl halides is 2. The van der Waals surface area contributed by atoms with E-state index in [4.69, 9.17) is 4.55 Å². The Morgan fingerprint density at radius 2 is 1.75 bits per heavy atom. The van der Waals surface area contributed by atoms with Gasteiger partial charge in [-0.2, -0.15) is 17.2 Å². The van der Waals surface area contributed by atoms with Crippen molar-refractivity contribution >= 4 is 61.3 Å². The summed E-state index contributed by atoms with van der Waals surface area (Å²) < 4.78 is 59.6. The van der Waals surface area contributed by atoms with Crippen LogP contribution >= 0.6 is 45.2 Å². The number of ether oxygens (including phenoxy) is 1. The van der Waals surface area contributed by atoms with Gasteiger partial charge in [0.15, 0.2) is 0 Å². The van der Waals surface area contributed by atoms with Crippen LogP contribution in [-0.2, 0) is 26.3 Å². The molecule has 1 aromatic carbocycles. The van der Waals surface area contributed by atoms with Crippen LogP contribution in [0, 0.1) is 7.14 Å². The minimum absolute atomic E-state index is 0.00968. The molecule has 0 aliphatic carbocycles. The number of halogens is 4. The highest BCUT2D eigenvalue weighted by atomic mass is 127. The fourth-order valence-corrected chi connectivity index (χ4v) is 3.21. The highest BCUT2D eigenvalue weighted by molar-refractivity contribution is 14.1. The number of phenols is 1. The van der Waals surface area contributed by atoms with Crippen LogP contribution in [0.3, 0.4) is 0 Å². The van der Waals surface area contributed by atoms with Crippen molar-refractivity contribution in [1.82, 2.24) is 0 Å². The first-order chi connectivity index (χ1) is 8.96. The molecule has 0 aromatic heterocycles. The second-order valence-corrected chi connectivity index (χ2v) is 7.26. The van der Waals surface area contributed by atoms with Crippen LogP contribution in [-0.4, -0.2) is 29.3 Å². The largest absolute Gasteiger partial charge is 0.506 e. The summed E-state index contributed by atoms with van der Waals surface area (Å²) in [6.45, 7) is -0.629. The van der Waals surface area contributed by atoms with Crippen LogP contribution < -0.4 is 0 Å². The highest BCUT2D eigenvalue weighted by Crippen LogP contribution is 2.28. The highest BCUT2D eigenvalue weighted by Gasteiger charge is 2.54. The van der Waals surface area contributed by atoms with Gasteiger partial charge in [0.25, 0.3) is 0 Å². The van der Waals surface area contributed by atoms with Crippen LogP contribution in [0.2, 0.25) is 0 Å². The number of esters is 1. The van der Waals surface area contributed by atoms with E-state index in [1.54, 1.807) is 45.2 Å². The predicted molar refractivity (Wildman–Crippen MR) is 79.8 cm³/mol. The third-order valence-corrected chi connectivity index (χ3v) is 4.47. The van der Waals surface area contributed by atoms with Gasteiger partial charge in [0.1, 0.15) is 12.4 Å². The molecule has 1 rings (SSSR count). The van der Waals surface area contributed by atoms with Crippen molar-refractivity contribution in [3.05, 3.63) is 24.8 Å². The summed E-state index contributed by atoms with van der Waals surface area (Å²) in [5.41, 5.74) is 0.274. The van der Waals surface area contributed by atoms with Crippen molar-refractivity contribution in [1.29, 1.82) is 0 Å². The van der Waals surface area contributed by atoms with E-state index in [0.717, 1.165) is 0 Å². The van der Waals surface area contributed by atoms with Gasteiger partial charge >= 0.3 is 21.3 Å². The summed E-state index contributed by atoms with van der Waals surface area (Å²) in [7, 11) is -5.88. The minimum Gasteiger partial charge on any atom is -0.506 e. The van der Waals surface area contributed by atoms with Gasteiger partial charge in [-0.25, -0.2) is 4.79 Å². The molecular weight excluding hydrogens is 528 g/mol. The first-order valence-electron chi connectivity index (χ1n) is 4.65. The van der Waals surface area contributed by atoms with Gasteiger partial charge < -0.3 is 9.84 Å². The predicted octanol–water partition coefficient (Wildman–Crippen LogP) is 2.13. The lowest BCUT2D eigenvalue weighted by molar-refractivity contribution is -0.162. The molecule has 0 atom stereocenters. The molecule has 1 aromatic rings. The maximum Gasteiger partial charge on any atom is 0.465 e. The van der Waals surface area contributed by atoms with Gasteiger partial charge in [0.2, 0.25) is 0 Å². The molecule has 0 aliphatic rings. The van der Waals surface area contributed by atoms with E-state index in [1.165, 1.54) is 12.1 Å². The molecule has 112 valence electrons. The van der Waals surface area contributed by atoms with E-state index in [1.807, 2.05) is 0 Å². The van der Waals surface area contributed by atoms with Crippen LogP contribution in [0.1, 0.15) is 5.56 Å². The van der Waals surface area contributed by atoms with Crippen LogP contribution in [0.15, 0.2) is 12.1 Å². The molecule has 0 fully saturated rings. The number of carbonyl (C=O) groups is 1. The number of benzene rings is 1. The summed E-state index contributed by atoms with van der Waals surface area (Å²) in [5.74, 6) is -2.39. The first kappa shape index (κ1) is 17.8. The monoisotopic (exact) mass is 534 g/mol. The van der Waals surface area contributed by atoms with Gasteiger partial charge in [-0.05, 0) is 62.9 Å². The van der Waals surface area contributed by atoms with Crippen molar-refractivity contribution in [3.63, 3.8) is 0 Å². The summed E-state index contributed by atoms with van der Waals surface area (Å²) in [5, 5.41) is 4.47. The number of phenolic OH excluding ortho intramolecular Hbond substituents is 1. The van der Waals surface area contributed by atoms with Gasteiger partial charge in [-0.3, -0.25) is 4.55 Å². The van der Waals surface area contributed by atoms with Gasteiger partial charge in [0.05, 0.1) is 7.14 Å². The average molecular weight is 534 g/mol. The maximum atomic E-state index is 12.9. The summed E-state index contributed by atoms with van der Waals surface area (Å²) >= 11 is 3.56. The van der Waals surface area contributed by atoms with E-state index < -0.39 is 27.9 Å². The number of aromatic hydroxyl groups is 1. The molecule has 0 unspecified atom stereocenters. The molecule has 6 nitrogen and oxygen atoms in total. The smallest absolute Gasteiger partial charge is 0.465 e. The molecule has 0 spiro atoms. The van der Waals surface area contributed by atoms with Crippen molar-refractivity contribution in [3.8, 4) is 5.75 Å². The number of hydrogen-bond donors (Lipinski definition) is 2. The molecule has 0 amide bonds. The first-order valence-corrected chi connectivity index (χ1v) is 8.25. The molecule has 0 bridgehead atoms. The van der Waals surface area contributed by atoms with Crippen LogP contribution in [0.5, 0.6) is 5.75 Å². The van der Waals surface area contributed by atoms with Gasteiger partial charge in [-0.15, -0.1) is 0 Å². The SMILES string of the molecule is O=C(OCc1cc(I)c(O)c(I)c1)C(F)(F)S(=O)(=O)O. The molecule has 0 saturated heterocycles. The fraction of sp³-hybridized carbons (Fsp3) is 0.222. The standard InChI is InChI=1S/C9H6F2I2O6S/c10-9(11,20(16,17)18)8(15)19-3-4-1-5(12)7(14)6(13)2-4/h1-2,14H,3H2,(H,16,17,18). The molecule has 2 N–H and O–H groups in total. The molecule has 11 heteroatoms. The van der Waals surface area contributed by atoms with E-state index in [0.29, 0.717) is 7.14 Å². The number of hydrogen-bond acceptors (Lipinski definition) is 5. The van der Waals surface area contributed by atoms with E-state index in [9.17, 15) is 27.1 Å². The summed E-state index contributed by atoms with van der Waals surface area (Å²) in [4.78, 5) is 11.0. The Labute approximate surface area is 139 Å². The second-order valence-electron chi connectivity index (χ2n) is 3.48. The maximum absolute atomic E-state index is 12.9. The number of rotatable bonds is 4. The topological polar surface area (TPSA) is 101 Å². The minimum atomic E-state index is -5.88. The zero-order valence-corrected chi connectivity index (χ0v) is 14.4. The Balaban J connectivity index is 2.86. The lowest BCUT2D eigenvalue weighted by Gasteiger charge is -2.12. The number of carbonyl (C=O) groups excluding carboxylic acids is 1. The van der Waals surface area contributed by atoms with Crippen molar-refractivity contribution in [2.75, 3.05) is 0 Å². The third-order valence-electron chi connectivity index (χ3n) is 2.01. The third kappa shape index (κ3) is 3.88. The molecule has 0 saturated carbocycles. The van der Waals surface area contributed by atoms with E-state index in [-0.39, 0.29) is 11.3 Å². The normalized spacial score (nSPS) is 12.2. The molecule has 0 heterocycles. The molecule has 0 aliphatic heterocycles. The lowest BCUT2D eigenvalue weighted by atomic mass is 10.2. The Morgan fingerprint density at radius 1 is 1.30 bits per heavy atom. The molecule has 20 heavy (non-hydrogen) atoms. The lowest BCUT2D eigenvalue weighted by Crippen LogP contribution is -2.38. The summed E-state index contributed by atoms with van der Waals surface area (Å²) in [6, 6.07) is 2.74. The summed E-state index contributed by atoms with van der Waals surface area (Å²) in [6.07, 6.45) is 0. The average Bonchev–Trinajstić information content (AvgIpc) is 2.31. The zero-order chi connectivity index (χ0) is 15.7.